The molecule has 1 aromatic rings. The highest BCUT2D eigenvalue weighted by Gasteiger charge is 2.38. The first-order valence-corrected chi connectivity index (χ1v) is 6.01. The highest BCUT2D eigenvalue weighted by Crippen LogP contribution is 2.41. The van der Waals surface area contributed by atoms with Crippen molar-refractivity contribution in [3.8, 4) is 0 Å². The Kier molecular flexibility index (Phi) is 2.80. The first kappa shape index (κ1) is 11.6. The summed E-state index contributed by atoms with van der Waals surface area (Å²) in [6.45, 7) is 4.08. The van der Waals surface area contributed by atoms with Crippen molar-refractivity contribution in [3.05, 3.63) is 26.7 Å². The topological polar surface area (TPSA) is 37.4 Å². The monoisotopic (exact) mass is 301 g/mol. The van der Waals surface area contributed by atoms with Gasteiger partial charge in [0, 0.05) is 11.0 Å². The van der Waals surface area contributed by atoms with Gasteiger partial charge in [-0.15, -0.1) is 0 Å². The van der Waals surface area contributed by atoms with Gasteiger partial charge in [0.2, 0.25) is 0 Å². The second-order valence-electron chi connectivity index (χ2n) is 3.59. The van der Waals surface area contributed by atoms with Crippen LogP contribution in [0.4, 0.5) is 5.69 Å². The molecule has 2 rings (SSSR count). The molecule has 1 aliphatic heterocycles. The molecule has 1 aliphatic rings. The predicted octanol–water partition coefficient (Wildman–Crippen LogP) is 2.96. The van der Waals surface area contributed by atoms with Crippen molar-refractivity contribution in [1.29, 1.82) is 0 Å². The Morgan fingerprint density at radius 2 is 2.06 bits per heavy atom. The zero-order valence-electron chi connectivity index (χ0n) is 8.80. The van der Waals surface area contributed by atoms with Gasteiger partial charge in [-0.2, -0.15) is 0 Å². The van der Waals surface area contributed by atoms with E-state index in [0.717, 1.165) is 5.56 Å². The molecule has 0 aromatic heterocycles. The van der Waals surface area contributed by atoms with E-state index in [1.54, 1.807) is 6.07 Å². The molecule has 0 atom stereocenters. The predicted molar refractivity (Wildman–Crippen MR) is 66.2 cm³/mol. The number of likely N-dealkylation sites (N-methyl/N-ethyl adjacent to an activating group) is 1. The number of hydrogen-bond donors (Lipinski definition) is 0. The SMILES string of the molecule is CCN1C(=O)C(=O)c2c(Br)c(C)cc(Cl)c21. The summed E-state index contributed by atoms with van der Waals surface area (Å²) in [5, 5.41) is 0.441. The van der Waals surface area contributed by atoms with Crippen molar-refractivity contribution in [1.82, 2.24) is 0 Å². The zero-order valence-corrected chi connectivity index (χ0v) is 11.1. The number of hydrogen-bond acceptors (Lipinski definition) is 2. The molecule has 0 fully saturated rings. The summed E-state index contributed by atoms with van der Waals surface area (Å²) in [6, 6.07) is 1.75. The number of anilines is 1. The van der Waals surface area contributed by atoms with Crippen LogP contribution in [0.25, 0.3) is 0 Å². The highest BCUT2D eigenvalue weighted by molar-refractivity contribution is 9.10. The van der Waals surface area contributed by atoms with Crippen LogP contribution in [0, 0.1) is 6.92 Å². The Morgan fingerprint density at radius 1 is 1.44 bits per heavy atom. The molecule has 0 aliphatic carbocycles. The molecular formula is C11H9BrClNO2. The van der Waals surface area contributed by atoms with E-state index in [4.69, 9.17) is 11.6 Å². The van der Waals surface area contributed by atoms with Crippen LogP contribution >= 0.6 is 27.5 Å². The van der Waals surface area contributed by atoms with Crippen molar-refractivity contribution in [3.63, 3.8) is 0 Å². The summed E-state index contributed by atoms with van der Waals surface area (Å²) < 4.78 is 0.654. The molecule has 1 heterocycles. The maximum Gasteiger partial charge on any atom is 0.299 e. The minimum absolute atomic E-state index is 0.386. The van der Waals surface area contributed by atoms with Gasteiger partial charge in [-0.25, -0.2) is 0 Å². The van der Waals surface area contributed by atoms with Crippen molar-refractivity contribution in [2.24, 2.45) is 0 Å². The molecule has 5 heteroatoms. The average molecular weight is 303 g/mol. The quantitative estimate of drug-likeness (QED) is 0.748. The third-order valence-electron chi connectivity index (χ3n) is 2.62. The molecule has 1 amide bonds. The van der Waals surface area contributed by atoms with Gasteiger partial charge in [-0.3, -0.25) is 9.59 Å². The second-order valence-corrected chi connectivity index (χ2v) is 4.79. The Balaban J connectivity index is 2.80. The van der Waals surface area contributed by atoms with Crippen LogP contribution in [0.1, 0.15) is 22.8 Å². The van der Waals surface area contributed by atoms with E-state index in [1.807, 2.05) is 13.8 Å². The lowest BCUT2D eigenvalue weighted by molar-refractivity contribution is -0.114. The van der Waals surface area contributed by atoms with Gasteiger partial charge < -0.3 is 4.90 Å². The van der Waals surface area contributed by atoms with E-state index >= 15 is 0 Å². The number of benzene rings is 1. The lowest BCUT2D eigenvalue weighted by Crippen LogP contribution is -2.29. The fourth-order valence-electron chi connectivity index (χ4n) is 1.85. The van der Waals surface area contributed by atoms with Gasteiger partial charge in [0.15, 0.2) is 0 Å². The number of nitrogens with zero attached hydrogens (tertiary/aromatic N) is 1. The lowest BCUT2D eigenvalue weighted by atomic mass is 10.1. The molecule has 0 saturated heterocycles. The van der Waals surface area contributed by atoms with E-state index in [2.05, 4.69) is 15.9 Å². The molecule has 1 aromatic carbocycles. The third kappa shape index (κ3) is 1.40. The molecule has 3 nitrogen and oxygen atoms in total. The molecule has 0 bridgehead atoms. The van der Waals surface area contributed by atoms with Crippen molar-refractivity contribution < 1.29 is 9.59 Å². The largest absolute Gasteiger partial charge is 0.304 e. The zero-order chi connectivity index (χ0) is 12.0. The minimum atomic E-state index is -0.509. The molecule has 0 saturated carbocycles. The van der Waals surface area contributed by atoms with E-state index in [0.29, 0.717) is 27.3 Å². The van der Waals surface area contributed by atoms with Crippen LogP contribution in [0.3, 0.4) is 0 Å². The van der Waals surface area contributed by atoms with Crippen LogP contribution in [0.2, 0.25) is 5.02 Å². The van der Waals surface area contributed by atoms with E-state index in [1.165, 1.54) is 4.90 Å². The number of carbonyl (C=O) groups is 2. The number of carbonyl (C=O) groups excluding carboxylic acids is 2. The summed E-state index contributed by atoms with van der Waals surface area (Å²) in [5.41, 5.74) is 1.76. The number of halogens is 2. The summed E-state index contributed by atoms with van der Waals surface area (Å²) in [4.78, 5) is 24.9. The highest BCUT2D eigenvalue weighted by atomic mass is 79.9. The van der Waals surface area contributed by atoms with Gasteiger partial charge in [-0.1, -0.05) is 11.6 Å². The number of fused-ring (bicyclic) bond motifs is 1. The Hall–Kier alpha value is -0.870. The van der Waals surface area contributed by atoms with Gasteiger partial charge in [0.1, 0.15) is 0 Å². The van der Waals surface area contributed by atoms with Crippen LogP contribution in [-0.4, -0.2) is 18.2 Å². The normalized spacial score (nSPS) is 14.6. The molecule has 84 valence electrons. The first-order chi connectivity index (χ1) is 7.49. The van der Waals surface area contributed by atoms with E-state index in [9.17, 15) is 9.59 Å². The smallest absolute Gasteiger partial charge is 0.299 e. The number of rotatable bonds is 1. The molecule has 0 unspecified atom stereocenters. The average Bonchev–Trinajstić information content (AvgIpc) is 2.49. The summed E-state index contributed by atoms with van der Waals surface area (Å²) in [5.74, 6) is -1.000. The van der Waals surface area contributed by atoms with Gasteiger partial charge in [0.25, 0.3) is 11.7 Å². The van der Waals surface area contributed by atoms with E-state index < -0.39 is 11.7 Å². The van der Waals surface area contributed by atoms with Gasteiger partial charge >= 0.3 is 0 Å². The second kappa shape index (κ2) is 3.86. The molecule has 16 heavy (non-hydrogen) atoms. The third-order valence-corrected chi connectivity index (χ3v) is 3.93. The van der Waals surface area contributed by atoms with Gasteiger partial charge in [-0.05, 0) is 41.4 Å². The number of amides is 1. The van der Waals surface area contributed by atoms with Crippen molar-refractivity contribution in [2.45, 2.75) is 13.8 Å². The first-order valence-electron chi connectivity index (χ1n) is 4.83. The molecule has 0 N–H and O–H groups in total. The van der Waals surface area contributed by atoms with E-state index in [-0.39, 0.29) is 0 Å². The summed E-state index contributed by atoms with van der Waals surface area (Å²) in [7, 11) is 0. The number of Topliss-reactive ketones (excluding diaryl/α,β-unsaturated/α-hetero) is 1. The Morgan fingerprint density at radius 3 is 2.62 bits per heavy atom. The minimum Gasteiger partial charge on any atom is -0.304 e. The number of aryl methyl sites for hydroxylation is 1. The maximum atomic E-state index is 11.8. The van der Waals surface area contributed by atoms with Crippen LogP contribution < -0.4 is 4.90 Å². The van der Waals surface area contributed by atoms with Crippen molar-refractivity contribution in [2.75, 3.05) is 11.4 Å². The lowest BCUT2D eigenvalue weighted by Gasteiger charge is -2.15. The maximum absolute atomic E-state index is 11.8. The standard InChI is InChI=1S/C11H9BrClNO2/c1-3-14-9-6(13)4-5(2)8(12)7(9)10(15)11(14)16/h4H,3H2,1-2H3. The van der Waals surface area contributed by atoms with Crippen LogP contribution in [-0.2, 0) is 4.79 Å². The number of ketones is 1. The van der Waals surface area contributed by atoms with Gasteiger partial charge in [0.05, 0.1) is 16.3 Å². The fourth-order valence-corrected chi connectivity index (χ4v) is 2.69. The molecule has 0 spiro atoms. The summed E-state index contributed by atoms with van der Waals surface area (Å²) >= 11 is 9.42. The van der Waals surface area contributed by atoms with Crippen molar-refractivity contribution >= 4 is 44.9 Å². The fraction of sp³-hybridized carbons (Fsp3) is 0.273. The molecule has 0 radical (unpaired) electrons. The van der Waals surface area contributed by atoms with Crippen LogP contribution in [0.15, 0.2) is 10.5 Å². The Labute approximate surface area is 107 Å². The van der Waals surface area contributed by atoms with Crippen LogP contribution in [0.5, 0.6) is 0 Å². The molecular weight excluding hydrogens is 293 g/mol. The summed E-state index contributed by atoms with van der Waals surface area (Å²) in [6.07, 6.45) is 0. The Bertz CT molecular complexity index is 513.